The van der Waals surface area contributed by atoms with Gasteiger partial charge in [0.25, 0.3) is 0 Å². The molecule has 1 heteroatoms. The number of hydrogen-bond acceptors (Lipinski definition) is 1. The van der Waals surface area contributed by atoms with Crippen LogP contribution in [0.2, 0.25) is 0 Å². The molecule has 2 unspecified atom stereocenters. The van der Waals surface area contributed by atoms with Crippen molar-refractivity contribution >= 4 is 0 Å². The molecule has 0 spiro atoms. The molecule has 1 nitrogen and oxygen atoms in total. The van der Waals surface area contributed by atoms with Gasteiger partial charge in [0, 0.05) is 12.1 Å². The molecule has 1 aliphatic rings. The average molecular weight is 207 g/mol. The summed E-state index contributed by atoms with van der Waals surface area (Å²) in [6.07, 6.45) is 13.2. The van der Waals surface area contributed by atoms with Gasteiger partial charge in [-0.15, -0.1) is 0 Å². The Morgan fingerprint density at radius 2 is 2.27 bits per heavy atom. The summed E-state index contributed by atoms with van der Waals surface area (Å²) in [7, 11) is 0. The Bertz CT molecular complexity index is 223. The average Bonchev–Trinajstić information content (AvgIpc) is 2.18. The van der Waals surface area contributed by atoms with Gasteiger partial charge in [-0.2, -0.15) is 0 Å². The Hall–Kier alpha value is -0.560. The molecule has 0 radical (unpaired) electrons. The van der Waals surface area contributed by atoms with Crippen molar-refractivity contribution in [2.24, 2.45) is 0 Å². The summed E-state index contributed by atoms with van der Waals surface area (Å²) in [4.78, 5) is 0. The van der Waals surface area contributed by atoms with Crippen LogP contribution in [-0.2, 0) is 0 Å². The van der Waals surface area contributed by atoms with Crippen LogP contribution in [0.3, 0.4) is 0 Å². The van der Waals surface area contributed by atoms with E-state index in [9.17, 15) is 0 Å². The standard InChI is InChI=1S/C14H25N/c1-12(2)8-7-9-13(3)15-14-10-5-4-6-11-14/h4-5,8,13-15H,6-7,9-11H2,1-3H3. The second-order valence-electron chi connectivity index (χ2n) is 4.91. The van der Waals surface area contributed by atoms with E-state index in [0.717, 1.165) is 6.04 Å². The molecule has 0 saturated heterocycles. The Morgan fingerprint density at radius 3 is 2.87 bits per heavy atom. The molecule has 0 amide bonds. The van der Waals surface area contributed by atoms with Gasteiger partial charge in [0.15, 0.2) is 0 Å². The zero-order chi connectivity index (χ0) is 11.1. The minimum Gasteiger partial charge on any atom is -0.311 e. The molecule has 0 aromatic rings. The topological polar surface area (TPSA) is 12.0 Å². The second-order valence-corrected chi connectivity index (χ2v) is 4.91. The fraction of sp³-hybridized carbons (Fsp3) is 0.714. The lowest BCUT2D eigenvalue weighted by atomic mass is 10.0. The predicted octanol–water partition coefficient (Wildman–Crippen LogP) is 3.82. The molecule has 0 aromatic heterocycles. The zero-order valence-electron chi connectivity index (χ0n) is 10.4. The molecule has 0 heterocycles. The van der Waals surface area contributed by atoms with Crippen LogP contribution in [0, 0.1) is 0 Å². The predicted molar refractivity (Wildman–Crippen MR) is 68.0 cm³/mol. The smallest absolute Gasteiger partial charge is 0.0107 e. The van der Waals surface area contributed by atoms with Crippen molar-refractivity contribution in [2.45, 2.75) is 65.0 Å². The lowest BCUT2D eigenvalue weighted by molar-refractivity contribution is 0.405. The highest BCUT2D eigenvalue weighted by atomic mass is 14.9. The van der Waals surface area contributed by atoms with E-state index in [0.29, 0.717) is 6.04 Å². The highest BCUT2D eigenvalue weighted by Crippen LogP contribution is 2.12. The van der Waals surface area contributed by atoms with Crippen LogP contribution < -0.4 is 5.32 Å². The molecule has 0 aliphatic heterocycles. The summed E-state index contributed by atoms with van der Waals surface area (Å²) in [5.74, 6) is 0. The van der Waals surface area contributed by atoms with Crippen LogP contribution in [-0.4, -0.2) is 12.1 Å². The summed E-state index contributed by atoms with van der Waals surface area (Å²) in [5, 5.41) is 3.71. The highest BCUT2D eigenvalue weighted by molar-refractivity contribution is 4.95. The Balaban J connectivity index is 2.15. The Morgan fingerprint density at radius 1 is 1.47 bits per heavy atom. The molecule has 0 bridgehead atoms. The van der Waals surface area contributed by atoms with Crippen LogP contribution in [0.15, 0.2) is 23.8 Å². The maximum Gasteiger partial charge on any atom is 0.0107 e. The van der Waals surface area contributed by atoms with Crippen molar-refractivity contribution in [3.05, 3.63) is 23.8 Å². The molecule has 15 heavy (non-hydrogen) atoms. The first-order chi connectivity index (χ1) is 7.18. The third kappa shape index (κ3) is 5.78. The minimum atomic E-state index is 0.650. The molecular weight excluding hydrogens is 182 g/mol. The van der Waals surface area contributed by atoms with Gasteiger partial charge in [-0.05, 0) is 52.9 Å². The summed E-state index contributed by atoms with van der Waals surface area (Å²) >= 11 is 0. The molecule has 1 aliphatic carbocycles. The van der Waals surface area contributed by atoms with E-state index in [1.807, 2.05) is 0 Å². The zero-order valence-corrected chi connectivity index (χ0v) is 10.4. The lowest BCUT2D eigenvalue weighted by Crippen LogP contribution is -2.36. The van der Waals surface area contributed by atoms with E-state index in [-0.39, 0.29) is 0 Å². The van der Waals surface area contributed by atoms with E-state index in [4.69, 9.17) is 0 Å². The lowest BCUT2D eigenvalue weighted by Gasteiger charge is -2.23. The van der Waals surface area contributed by atoms with E-state index in [1.165, 1.54) is 37.7 Å². The summed E-state index contributed by atoms with van der Waals surface area (Å²) < 4.78 is 0. The fourth-order valence-corrected chi connectivity index (χ4v) is 2.05. The van der Waals surface area contributed by atoms with Gasteiger partial charge in [0.2, 0.25) is 0 Å². The largest absolute Gasteiger partial charge is 0.311 e. The van der Waals surface area contributed by atoms with Crippen LogP contribution in [0.5, 0.6) is 0 Å². The molecule has 2 atom stereocenters. The van der Waals surface area contributed by atoms with Crippen LogP contribution in [0.4, 0.5) is 0 Å². The van der Waals surface area contributed by atoms with Gasteiger partial charge >= 0.3 is 0 Å². The van der Waals surface area contributed by atoms with Gasteiger partial charge in [-0.25, -0.2) is 0 Å². The van der Waals surface area contributed by atoms with E-state index in [1.54, 1.807) is 0 Å². The molecule has 1 rings (SSSR count). The second kappa shape index (κ2) is 6.84. The van der Waals surface area contributed by atoms with Gasteiger partial charge < -0.3 is 5.32 Å². The minimum absolute atomic E-state index is 0.650. The molecule has 0 fully saturated rings. The maximum atomic E-state index is 3.71. The first-order valence-electron chi connectivity index (χ1n) is 6.23. The third-order valence-electron chi connectivity index (χ3n) is 2.94. The van der Waals surface area contributed by atoms with Crippen molar-refractivity contribution in [1.29, 1.82) is 0 Å². The van der Waals surface area contributed by atoms with Crippen LogP contribution in [0.1, 0.15) is 52.9 Å². The van der Waals surface area contributed by atoms with Crippen LogP contribution >= 0.6 is 0 Å². The summed E-state index contributed by atoms with van der Waals surface area (Å²) in [5.41, 5.74) is 1.43. The molecule has 86 valence electrons. The van der Waals surface area contributed by atoms with Gasteiger partial charge in [0.05, 0.1) is 0 Å². The fourth-order valence-electron chi connectivity index (χ4n) is 2.05. The SMILES string of the molecule is CC(C)=CCCC(C)NC1CC=CCC1. The molecule has 0 saturated carbocycles. The molecular formula is C14H25N. The number of hydrogen-bond donors (Lipinski definition) is 1. The summed E-state index contributed by atoms with van der Waals surface area (Å²) in [6.45, 7) is 6.64. The maximum absolute atomic E-state index is 3.71. The molecule has 0 aromatic carbocycles. The van der Waals surface area contributed by atoms with Gasteiger partial charge in [-0.3, -0.25) is 0 Å². The first kappa shape index (κ1) is 12.5. The van der Waals surface area contributed by atoms with Crippen LogP contribution in [0.25, 0.3) is 0 Å². The van der Waals surface area contributed by atoms with Crippen molar-refractivity contribution in [1.82, 2.24) is 5.32 Å². The Labute approximate surface area is 94.6 Å². The van der Waals surface area contributed by atoms with E-state index in [2.05, 4.69) is 44.3 Å². The van der Waals surface area contributed by atoms with Crippen molar-refractivity contribution in [2.75, 3.05) is 0 Å². The first-order valence-corrected chi connectivity index (χ1v) is 6.23. The quantitative estimate of drug-likeness (QED) is 0.676. The summed E-state index contributed by atoms with van der Waals surface area (Å²) in [6, 6.07) is 1.37. The number of allylic oxidation sites excluding steroid dienone is 3. The monoisotopic (exact) mass is 207 g/mol. The number of rotatable bonds is 5. The molecule has 1 N–H and O–H groups in total. The third-order valence-corrected chi connectivity index (χ3v) is 2.94. The normalized spacial score (nSPS) is 22.5. The van der Waals surface area contributed by atoms with Gasteiger partial charge in [0.1, 0.15) is 0 Å². The van der Waals surface area contributed by atoms with Crippen molar-refractivity contribution < 1.29 is 0 Å². The van der Waals surface area contributed by atoms with Gasteiger partial charge in [-0.1, -0.05) is 23.8 Å². The van der Waals surface area contributed by atoms with E-state index >= 15 is 0 Å². The van der Waals surface area contributed by atoms with Crippen molar-refractivity contribution in [3.63, 3.8) is 0 Å². The Kier molecular flexibility index (Phi) is 5.70. The highest BCUT2D eigenvalue weighted by Gasteiger charge is 2.11. The number of nitrogens with one attached hydrogen (secondary N) is 1. The van der Waals surface area contributed by atoms with E-state index < -0.39 is 0 Å². The van der Waals surface area contributed by atoms with Crippen molar-refractivity contribution in [3.8, 4) is 0 Å².